The Morgan fingerprint density at radius 2 is 2.27 bits per heavy atom. The van der Waals surface area contributed by atoms with Crippen LogP contribution in [0.2, 0.25) is 0 Å². The fourth-order valence-electron chi connectivity index (χ4n) is 2.65. The van der Waals surface area contributed by atoms with Crippen molar-refractivity contribution in [3.05, 3.63) is 0 Å². The van der Waals surface area contributed by atoms with Crippen LogP contribution in [0.1, 0.15) is 39.0 Å². The predicted octanol–water partition coefficient (Wildman–Crippen LogP) is 2.27. The molecule has 0 radical (unpaired) electrons. The standard InChI is InChI=1S/C10H19N/c1-2-9-7-10-5-3-4-6-11(10)8-9/h9-10H,2-8H2,1H3. The summed E-state index contributed by atoms with van der Waals surface area (Å²) in [7, 11) is 0. The lowest BCUT2D eigenvalue weighted by Gasteiger charge is -2.28. The SMILES string of the molecule is CCC1CC2CCCCN2C1. The molecule has 0 amide bonds. The van der Waals surface area contributed by atoms with Crippen LogP contribution in [0.5, 0.6) is 0 Å². The molecule has 2 rings (SSSR count). The van der Waals surface area contributed by atoms with E-state index in [2.05, 4.69) is 11.8 Å². The Labute approximate surface area is 69.8 Å². The smallest absolute Gasteiger partial charge is 0.00984 e. The lowest BCUT2D eigenvalue weighted by atomic mass is 9.98. The quantitative estimate of drug-likeness (QED) is 0.558. The minimum Gasteiger partial charge on any atom is -0.300 e. The lowest BCUT2D eigenvalue weighted by Crippen LogP contribution is -2.33. The molecule has 2 unspecified atom stereocenters. The highest BCUT2D eigenvalue weighted by Gasteiger charge is 2.31. The van der Waals surface area contributed by atoms with Gasteiger partial charge in [-0.1, -0.05) is 19.8 Å². The van der Waals surface area contributed by atoms with E-state index in [9.17, 15) is 0 Å². The van der Waals surface area contributed by atoms with E-state index in [1.54, 1.807) is 0 Å². The molecule has 0 saturated carbocycles. The van der Waals surface area contributed by atoms with E-state index in [0.29, 0.717) is 0 Å². The summed E-state index contributed by atoms with van der Waals surface area (Å²) in [6.07, 6.45) is 7.31. The van der Waals surface area contributed by atoms with Crippen LogP contribution in [0.15, 0.2) is 0 Å². The van der Waals surface area contributed by atoms with Gasteiger partial charge in [0.2, 0.25) is 0 Å². The van der Waals surface area contributed by atoms with Gasteiger partial charge in [-0.15, -0.1) is 0 Å². The molecule has 1 nitrogen and oxygen atoms in total. The summed E-state index contributed by atoms with van der Waals surface area (Å²) < 4.78 is 0. The lowest BCUT2D eigenvalue weighted by molar-refractivity contribution is 0.196. The fourth-order valence-corrected chi connectivity index (χ4v) is 2.65. The molecular weight excluding hydrogens is 134 g/mol. The zero-order chi connectivity index (χ0) is 7.68. The first-order valence-corrected chi connectivity index (χ1v) is 5.14. The van der Waals surface area contributed by atoms with Crippen molar-refractivity contribution in [2.24, 2.45) is 5.92 Å². The summed E-state index contributed by atoms with van der Waals surface area (Å²) in [6, 6.07) is 0.980. The van der Waals surface area contributed by atoms with Gasteiger partial charge in [0, 0.05) is 12.6 Å². The normalized spacial score (nSPS) is 39.0. The van der Waals surface area contributed by atoms with Crippen LogP contribution < -0.4 is 0 Å². The third-order valence-corrected chi connectivity index (χ3v) is 3.42. The van der Waals surface area contributed by atoms with Gasteiger partial charge >= 0.3 is 0 Å². The van der Waals surface area contributed by atoms with Crippen molar-refractivity contribution < 1.29 is 0 Å². The van der Waals surface area contributed by atoms with E-state index in [4.69, 9.17) is 0 Å². The number of hydrogen-bond donors (Lipinski definition) is 0. The molecule has 0 spiro atoms. The zero-order valence-electron chi connectivity index (χ0n) is 7.55. The predicted molar refractivity (Wildman–Crippen MR) is 47.6 cm³/mol. The average molecular weight is 153 g/mol. The number of rotatable bonds is 1. The van der Waals surface area contributed by atoms with Gasteiger partial charge < -0.3 is 4.90 Å². The molecule has 2 atom stereocenters. The van der Waals surface area contributed by atoms with E-state index >= 15 is 0 Å². The molecule has 0 aromatic rings. The molecule has 2 saturated heterocycles. The second-order valence-electron chi connectivity index (χ2n) is 4.15. The molecular formula is C10H19N. The molecule has 2 aliphatic rings. The first kappa shape index (κ1) is 7.60. The first-order chi connectivity index (χ1) is 5.40. The topological polar surface area (TPSA) is 3.24 Å². The molecule has 11 heavy (non-hydrogen) atoms. The highest BCUT2D eigenvalue weighted by Crippen LogP contribution is 2.31. The van der Waals surface area contributed by atoms with Crippen molar-refractivity contribution >= 4 is 0 Å². The van der Waals surface area contributed by atoms with Crippen LogP contribution in [0, 0.1) is 5.92 Å². The molecule has 0 aliphatic carbocycles. The van der Waals surface area contributed by atoms with Crippen LogP contribution >= 0.6 is 0 Å². The second-order valence-corrected chi connectivity index (χ2v) is 4.15. The molecule has 0 bridgehead atoms. The van der Waals surface area contributed by atoms with Gasteiger partial charge in [-0.2, -0.15) is 0 Å². The van der Waals surface area contributed by atoms with Gasteiger partial charge in [0.15, 0.2) is 0 Å². The number of fused-ring (bicyclic) bond motifs is 1. The van der Waals surface area contributed by atoms with Gasteiger partial charge in [0.1, 0.15) is 0 Å². The summed E-state index contributed by atoms with van der Waals surface area (Å²) in [5.41, 5.74) is 0. The summed E-state index contributed by atoms with van der Waals surface area (Å²) in [5.74, 6) is 1.03. The molecule has 0 aromatic heterocycles. The summed E-state index contributed by atoms with van der Waals surface area (Å²) >= 11 is 0. The highest BCUT2D eigenvalue weighted by atomic mass is 15.2. The number of piperidine rings is 1. The number of hydrogen-bond acceptors (Lipinski definition) is 1. The molecule has 2 aliphatic heterocycles. The van der Waals surface area contributed by atoms with E-state index in [0.717, 1.165) is 12.0 Å². The molecule has 0 N–H and O–H groups in total. The van der Waals surface area contributed by atoms with Crippen molar-refractivity contribution in [3.63, 3.8) is 0 Å². The average Bonchev–Trinajstić information content (AvgIpc) is 2.46. The Kier molecular flexibility index (Phi) is 2.17. The van der Waals surface area contributed by atoms with Crippen LogP contribution in [0.3, 0.4) is 0 Å². The van der Waals surface area contributed by atoms with Crippen molar-refractivity contribution in [2.75, 3.05) is 13.1 Å². The molecule has 2 fully saturated rings. The van der Waals surface area contributed by atoms with E-state index in [1.807, 2.05) is 0 Å². The van der Waals surface area contributed by atoms with Crippen molar-refractivity contribution in [3.8, 4) is 0 Å². The van der Waals surface area contributed by atoms with Crippen molar-refractivity contribution in [2.45, 2.75) is 45.1 Å². The minimum absolute atomic E-state index is 0.980. The van der Waals surface area contributed by atoms with Crippen molar-refractivity contribution in [1.82, 2.24) is 4.90 Å². The maximum Gasteiger partial charge on any atom is 0.00984 e. The largest absolute Gasteiger partial charge is 0.300 e. The van der Waals surface area contributed by atoms with Crippen LogP contribution in [0.4, 0.5) is 0 Å². The molecule has 64 valence electrons. The maximum absolute atomic E-state index is 2.72. The Hall–Kier alpha value is -0.0400. The maximum atomic E-state index is 2.72. The Morgan fingerprint density at radius 3 is 3.00 bits per heavy atom. The van der Waals surface area contributed by atoms with Gasteiger partial charge in [-0.3, -0.25) is 0 Å². The van der Waals surface area contributed by atoms with Gasteiger partial charge in [-0.05, 0) is 31.7 Å². The fraction of sp³-hybridized carbons (Fsp3) is 1.00. The van der Waals surface area contributed by atoms with Crippen LogP contribution in [-0.4, -0.2) is 24.0 Å². The van der Waals surface area contributed by atoms with E-state index in [-0.39, 0.29) is 0 Å². The molecule has 2 heterocycles. The first-order valence-electron chi connectivity index (χ1n) is 5.14. The zero-order valence-corrected chi connectivity index (χ0v) is 7.55. The third-order valence-electron chi connectivity index (χ3n) is 3.42. The summed E-state index contributed by atoms with van der Waals surface area (Å²) in [4.78, 5) is 2.72. The highest BCUT2D eigenvalue weighted by molar-refractivity contribution is 4.86. The van der Waals surface area contributed by atoms with Gasteiger partial charge in [-0.25, -0.2) is 0 Å². The van der Waals surface area contributed by atoms with Crippen LogP contribution in [0.25, 0.3) is 0 Å². The Balaban J connectivity index is 1.92. The Morgan fingerprint density at radius 1 is 1.36 bits per heavy atom. The summed E-state index contributed by atoms with van der Waals surface area (Å²) in [5, 5.41) is 0. The molecule has 0 aromatic carbocycles. The van der Waals surface area contributed by atoms with Gasteiger partial charge in [0.25, 0.3) is 0 Å². The van der Waals surface area contributed by atoms with E-state index < -0.39 is 0 Å². The minimum atomic E-state index is 0.980. The monoisotopic (exact) mass is 153 g/mol. The molecule has 1 heteroatoms. The van der Waals surface area contributed by atoms with Crippen molar-refractivity contribution in [1.29, 1.82) is 0 Å². The third kappa shape index (κ3) is 1.44. The van der Waals surface area contributed by atoms with Gasteiger partial charge in [0.05, 0.1) is 0 Å². The van der Waals surface area contributed by atoms with Crippen LogP contribution in [-0.2, 0) is 0 Å². The summed E-state index contributed by atoms with van der Waals surface area (Å²) in [6.45, 7) is 5.13. The Bertz CT molecular complexity index is 119. The second kappa shape index (κ2) is 3.14. The van der Waals surface area contributed by atoms with E-state index in [1.165, 1.54) is 45.2 Å². The number of nitrogens with zero attached hydrogens (tertiary/aromatic N) is 1.